The third kappa shape index (κ3) is 15.0. The van der Waals surface area contributed by atoms with Gasteiger partial charge in [0.25, 0.3) is 0 Å². The van der Waals surface area contributed by atoms with E-state index in [2.05, 4.69) is 13.8 Å². The molecule has 0 amide bonds. The van der Waals surface area contributed by atoms with Crippen LogP contribution in [0.15, 0.2) is 47.0 Å². The summed E-state index contributed by atoms with van der Waals surface area (Å²) < 4.78 is 11.2. The topological polar surface area (TPSA) is 107 Å². The maximum atomic E-state index is 13.0. The van der Waals surface area contributed by atoms with Gasteiger partial charge in [-0.15, -0.1) is 0 Å². The smallest absolute Gasteiger partial charge is 0.224 e. The van der Waals surface area contributed by atoms with E-state index in [0.717, 1.165) is 44.6 Å². The van der Waals surface area contributed by atoms with Gasteiger partial charge in [-0.2, -0.15) is 0 Å². The predicted molar refractivity (Wildman–Crippen MR) is 169 cm³/mol. The minimum Gasteiger partial charge on any atom is -0.489 e. The Balaban J connectivity index is 1.63. The van der Waals surface area contributed by atoms with E-state index >= 15 is 0 Å². The molecule has 0 unspecified atom stereocenters. The number of Topliss-reactive ketones (excluding diaryl/α,β-unsaturated/α-hetero) is 2. The lowest BCUT2D eigenvalue weighted by Gasteiger charge is -2.18. The summed E-state index contributed by atoms with van der Waals surface area (Å²) in [6.07, 6.45) is 24.1. The summed E-state index contributed by atoms with van der Waals surface area (Å²) >= 11 is 0. The Bertz CT molecular complexity index is 1030. The number of unbranched alkanes of at least 4 members (excludes halogenated alkanes) is 13. The number of rotatable bonds is 25. The number of allylic oxidation sites excluding steroid dienone is 6. The van der Waals surface area contributed by atoms with Crippen LogP contribution in [-0.2, 0) is 28.7 Å². The van der Waals surface area contributed by atoms with E-state index in [0.29, 0.717) is 19.4 Å². The van der Waals surface area contributed by atoms with E-state index < -0.39 is 23.5 Å². The highest BCUT2D eigenvalue weighted by Gasteiger charge is 2.29. The van der Waals surface area contributed by atoms with Gasteiger partial charge in [0.15, 0.2) is 23.1 Å². The molecule has 0 aromatic carbocycles. The van der Waals surface area contributed by atoms with Gasteiger partial charge >= 0.3 is 0 Å². The van der Waals surface area contributed by atoms with Gasteiger partial charge in [0, 0.05) is 29.7 Å². The molecule has 2 rings (SSSR count). The number of aliphatic hydroxyl groups is 1. The van der Waals surface area contributed by atoms with Gasteiger partial charge in [0.1, 0.15) is 0 Å². The van der Waals surface area contributed by atoms with E-state index in [1.54, 1.807) is 0 Å². The predicted octanol–water partition coefficient (Wildman–Crippen LogP) is 7.76. The molecule has 2 aliphatic rings. The number of ketones is 4. The molecule has 0 heterocycles. The van der Waals surface area contributed by atoms with E-state index in [9.17, 15) is 24.3 Å². The second-order valence-corrected chi connectivity index (χ2v) is 11.9. The molecule has 0 spiro atoms. The van der Waals surface area contributed by atoms with Crippen LogP contribution in [0.25, 0.3) is 0 Å². The molecule has 0 aromatic rings. The summed E-state index contributed by atoms with van der Waals surface area (Å²) in [4.78, 5) is 50.3. The van der Waals surface area contributed by atoms with Crippen molar-refractivity contribution in [1.29, 1.82) is 0 Å². The van der Waals surface area contributed by atoms with Crippen molar-refractivity contribution in [2.75, 3.05) is 13.2 Å². The molecule has 0 saturated heterocycles. The lowest BCUT2D eigenvalue weighted by molar-refractivity contribution is -0.119. The van der Waals surface area contributed by atoms with Gasteiger partial charge in [-0.1, -0.05) is 104 Å². The molecule has 0 saturated carbocycles. The number of carbonyl (C=O) groups excluding carboxylic acids is 4. The van der Waals surface area contributed by atoms with Crippen LogP contribution in [0.4, 0.5) is 0 Å². The number of hydrogen-bond donors (Lipinski definition) is 1. The minimum absolute atomic E-state index is 0.0251. The minimum atomic E-state index is -0.474. The number of hydrogen-bond acceptors (Lipinski definition) is 7. The summed E-state index contributed by atoms with van der Waals surface area (Å²) in [5.74, 6) is -1.81. The monoisotopic (exact) mass is 598 g/mol. The maximum Gasteiger partial charge on any atom is 0.224 e. The lowest BCUT2D eigenvalue weighted by Crippen LogP contribution is -2.22. The Morgan fingerprint density at radius 1 is 0.535 bits per heavy atom. The molecular weight excluding hydrogens is 544 g/mol. The Morgan fingerprint density at radius 2 is 0.930 bits per heavy atom. The summed E-state index contributed by atoms with van der Waals surface area (Å²) in [7, 11) is 0. The van der Waals surface area contributed by atoms with Gasteiger partial charge in [0.05, 0.1) is 19.3 Å². The molecule has 1 N–H and O–H groups in total. The highest BCUT2D eigenvalue weighted by Crippen LogP contribution is 2.26. The van der Waals surface area contributed by atoms with E-state index in [1.165, 1.54) is 82.4 Å². The molecule has 240 valence electrons. The number of ether oxygens (including phenoxy) is 2. The molecule has 0 aromatic heterocycles. The summed E-state index contributed by atoms with van der Waals surface area (Å²) in [6, 6.07) is 0. The highest BCUT2D eigenvalue weighted by molar-refractivity contribution is 6.22. The maximum absolute atomic E-state index is 13.0. The van der Waals surface area contributed by atoms with Gasteiger partial charge < -0.3 is 14.6 Å². The third-order valence-electron chi connectivity index (χ3n) is 7.93. The fourth-order valence-electron chi connectivity index (χ4n) is 5.35. The zero-order valence-electron chi connectivity index (χ0n) is 26.6. The van der Waals surface area contributed by atoms with Crippen molar-refractivity contribution >= 4 is 23.1 Å². The normalized spacial score (nSPS) is 16.1. The fourth-order valence-corrected chi connectivity index (χ4v) is 5.35. The summed E-state index contributed by atoms with van der Waals surface area (Å²) in [5.41, 5.74) is 0.224. The zero-order chi connectivity index (χ0) is 31.3. The molecular formula is C36H54O7. The average molecular weight is 599 g/mol. The Kier molecular flexibility index (Phi) is 18.5. The Labute approximate surface area is 258 Å². The first-order chi connectivity index (χ1) is 20.8. The van der Waals surface area contributed by atoms with E-state index in [1.807, 2.05) is 0 Å². The first-order valence-electron chi connectivity index (χ1n) is 16.8. The van der Waals surface area contributed by atoms with Crippen molar-refractivity contribution in [3.05, 3.63) is 47.0 Å². The third-order valence-corrected chi connectivity index (χ3v) is 7.93. The quantitative estimate of drug-likeness (QED) is 0.0845. The van der Waals surface area contributed by atoms with Crippen molar-refractivity contribution < 1.29 is 33.8 Å². The SMILES string of the molecule is CCCCCCCCCCCCCC[C@H](O)CCCOC1=CC(=O)C=C(CC2=CC(=O)C=C(OCCCCC)C2=O)C1=O. The van der Waals surface area contributed by atoms with Crippen LogP contribution in [0.1, 0.15) is 136 Å². The van der Waals surface area contributed by atoms with Gasteiger partial charge in [0.2, 0.25) is 11.6 Å². The van der Waals surface area contributed by atoms with Crippen LogP contribution in [0.5, 0.6) is 0 Å². The lowest BCUT2D eigenvalue weighted by atomic mass is 9.90. The van der Waals surface area contributed by atoms with Crippen molar-refractivity contribution in [1.82, 2.24) is 0 Å². The van der Waals surface area contributed by atoms with Crippen LogP contribution < -0.4 is 0 Å². The van der Waals surface area contributed by atoms with Crippen LogP contribution in [-0.4, -0.2) is 47.6 Å². The molecule has 2 aliphatic carbocycles. The van der Waals surface area contributed by atoms with Gasteiger partial charge in [-0.05, 0) is 37.8 Å². The van der Waals surface area contributed by atoms with Gasteiger partial charge in [-0.25, -0.2) is 0 Å². The average Bonchev–Trinajstić information content (AvgIpc) is 2.98. The summed E-state index contributed by atoms with van der Waals surface area (Å²) in [5, 5.41) is 10.3. The van der Waals surface area contributed by atoms with Crippen molar-refractivity contribution in [3.8, 4) is 0 Å². The molecule has 0 bridgehead atoms. The number of aliphatic hydroxyl groups excluding tert-OH is 1. The second kappa shape index (κ2) is 21.8. The highest BCUT2D eigenvalue weighted by atomic mass is 16.5. The summed E-state index contributed by atoms with van der Waals surface area (Å²) in [6.45, 7) is 4.84. The van der Waals surface area contributed by atoms with Crippen molar-refractivity contribution in [2.24, 2.45) is 0 Å². The van der Waals surface area contributed by atoms with Crippen molar-refractivity contribution in [2.45, 2.75) is 142 Å². The van der Waals surface area contributed by atoms with E-state index in [-0.39, 0.29) is 41.5 Å². The molecule has 7 nitrogen and oxygen atoms in total. The Hall–Kier alpha value is -2.80. The largest absolute Gasteiger partial charge is 0.489 e. The molecule has 7 heteroatoms. The van der Waals surface area contributed by atoms with Gasteiger partial charge in [-0.3, -0.25) is 19.2 Å². The van der Waals surface area contributed by atoms with Crippen LogP contribution in [0, 0.1) is 0 Å². The first kappa shape index (κ1) is 36.4. The molecule has 0 fully saturated rings. The van der Waals surface area contributed by atoms with Crippen LogP contribution in [0.2, 0.25) is 0 Å². The fraction of sp³-hybridized carbons (Fsp3) is 0.667. The molecule has 43 heavy (non-hydrogen) atoms. The Morgan fingerprint density at radius 3 is 1.42 bits per heavy atom. The van der Waals surface area contributed by atoms with Crippen molar-refractivity contribution in [3.63, 3.8) is 0 Å². The standard InChI is InChI=1S/C36H54O7/c1-3-5-7-8-9-10-11-12-13-14-15-16-19-30(37)20-18-22-43-34-27-32(39)25-29(36(34)41)23-28-24-31(38)26-33(35(28)40)42-21-17-6-4-2/h24-27,30,37H,3-23H2,1-2H3/t30-/m0/s1. The first-order valence-corrected chi connectivity index (χ1v) is 16.8. The zero-order valence-corrected chi connectivity index (χ0v) is 26.6. The van der Waals surface area contributed by atoms with E-state index in [4.69, 9.17) is 9.47 Å². The second-order valence-electron chi connectivity index (χ2n) is 11.9. The molecule has 1 atom stereocenters. The van der Waals surface area contributed by atoms with Crippen LogP contribution in [0.3, 0.4) is 0 Å². The van der Waals surface area contributed by atoms with Crippen LogP contribution >= 0.6 is 0 Å². The number of carbonyl (C=O) groups is 4. The molecule has 0 radical (unpaired) electrons. The molecule has 0 aliphatic heterocycles.